The number of nitrogens with zero attached hydrogens (tertiary/aromatic N) is 2. The van der Waals surface area contributed by atoms with Gasteiger partial charge in [-0.1, -0.05) is 42.1 Å². The van der Waals surface area contributed by atoms with Gasteiger partial charge in [-0.3, -0.25) is 4.79 Å². The molecule has 1 aromatic heterocycles. The Morgan fingerprint density at radius 2 is 2.11 bits per heavy atom. The number of thioether (sulfide) groups is 1. The molecule has 94 valence electrons. The van der Waals surface area contributed by atoms with Crippen molar-refractivity contribution in [1.82, 2.24) is 9.55 Å². The molecule has 0 saturated carbocycles. The molecule has 1 heterocycles. The van der Waals surface area contributed by atoms with E-state index < -0.39 is 0 Å². The van der Waals surface area contributed by atoms with E-state index in [9.17, 15) is 4.79 Å². The number of hydrogen-bond donors (Lipinski definition) is 1. The fourth-order valence-corrected chi connectivity index (χ4v) is 2.36. The molecular formula is C13H15N3OS. The monoisotopic (exact) mass is 261 g/mol. The van der Waals surface area contributed by atoms with Crippen molar-refractivity contribution in [2.75, 3.05) is 5.75 Å². The Kier molecular flexibility index (Phi) is 4.41. The minimum atomic E-state index is -0.322. The molecule has 0 unspecified atom stereocenters. The van der Waals surface area contributed by atoms with E-state index in [2.05, 4.69) is 17.1 Å². The topological polar surface area (TPSA) is 60.9 Å². The lowest BCUT2D eigenvalue weighted by Crippen LogP contribution is -2.14. The summed E-state index contributed by atoms with van der Waals surface area (Å²) in [5, 5.41) is 0.838. The van der Waals surface area contributed by atoms with Crippen LogP contribution >= 0.6 is 11.8 Å². The summed E-state index contributed by atoms with van der Waals surface area (Å²) in [5.74, 6) is -0.0554. The summed E-state index contributed by atoms with van der Waals surface area (Å²) < 4.78 is 2.04. The van der Waals surface area contributed by atoms with Gasteiger partial charge in [0.1, 0.15) is 0 Å². The zero-order valence-corrected chi connectivity index (χ0v) is 10.8. The summed E-state index contributed by atoms with van der Waals surface area (Å²) in [5.41, 5.74) is 6.42. The van der Waals surface area contributed by atoms with E-state index in [1.54, 1.807) is 6.20 Å². The lowest BCUT2D eigenvalue weighted by molar-refractivity contribution is -0.115. The highest BCUT2D eigenvalue weighted by Gasteiger charge is 2.05. The van der Waals surface area contributed by atoms with Gasteiger partial charge in [-0.05, 0) is 12.0 Å². The molecular weight excluding hydrogens is 246 g/mol. The van der Waals surface area contributed by atoms with Crippen LogP contribution < -0.4 is 5.73 Å². The number of aromatic nitrogens is 2. The van der Waals surface area contributed by atoms with Crippen molar-refractivity contribution >= 4 is 17.7 Å². The Balaban J connectivity index is 1.93. The minimum absolute atomic E-state index is 0.266. The predicted octanol–water partition coefficient (Wildman–Crippen LogP) is 1.70. The second-order valence-corrected chi connectivity index (χ2v) is 4.84. The van der Waals surface area contributed by atoms with Crippen LogP contribution in [0.2, 0.25) is 0 Å². The normalized spacial score (nSPS) is 10.4. The van der Waals surface area contributed by atoms with E-state index in [4.69, 9.17) is 5.73 Å². The van der Waals surface area contributed by atoms with Crippen LogP contribution in [0.1, 0.15) is 5.56 Å². The van der Waals surface area contributed by atoms with Crippen molar-refractivity contribution < 1.29 is 4.79 Å². The van der Waals surface area contributed by atoms with E-state index in [-0.39, 0.29) is 11.7 Å². The molecule has 0 fully saturated rings. The summed E-state index contributed by atoms with van der Waals surface area (Å²) in [6.07, 6.45) is 4.61. The van der Waals surface area contributed by atoms with Gasteiger partial charge in [0.05, 0.1) is 5.75 Å². The fraction of sp³-hybridized carbons (Fsp3) is 0.231. The first-order chi connectivity index (χ1) is 8.75. The van der Waals surface area contributed by atoms with Gasteiger partial charge in [0.25, 0.3) is 0 Å². The van der Waals surface area contributed by atoms with Crippen LogP contribution in [0.4, 0.5) is 0 Å². The quantitative estimate of drug-likeness (QED) is 0.805. The molecule has 0 atom stereocenters. The van der Waals surface area contributed by atoms with Crippen molar-refractivity contribution in [1.29, 1.82) is 0 Å². The average molecular weight is 261 g/mol. The number of amides is 1. The van der Waals surface area contributed by atoms with Crippen molar-refractivity contribution in [2.24, 2.45) is 5.73 Å². The van der Waals surface area contributed by atoms with Gasteiger partial charge in [0.2, 0.25) is 5.91 Å². The van der Waals surface area contributed by atoms with E-state index in [0.717, 1.165) is 18.1 Å². The number of benzene rings is 1. The van der Waals surface area contributed by atoms with Crippen LogP contribution in [0.15, 0.2) is 47.9 Å². The molecule has 0 aliphatic carbocycles. The van der Waals surface area contributed by atoms with Gasteiger partial charge < -0.3 is 10.3 Å². The third-order valence-electron chi connectivity index (χ3n) is 2.51. The van der Waals surface area contributed by atoms with Gasteiger partial charge in [-0.25, -0.2) is 4.98 Å². The molecule has 0 radical (unpaired) electrons. The summed E-state index contributed by atoms with van der Waals surface area (Å²) in [7, 11) is 0. The van der Waals surface area contributed by atoms with Crippen molar-refractivity contribution in [3.8, 4) is 0 Å². The van der Waals surface area contributed by atoms with E-state index >= 15 is 0 Å². The predicted molar refractivity (Wildman–Crippen MR) is 72.3 cm³/mol. The van der Waals surface area contributed by atoms with Crippen LogP contribution in [-0.4, -0.2) is 21.2 Å². The van der Waals surface area contributed by atoms with Gasteiger partial charge in [0, 0.05) is 18.9 Å². The summed E-state index contributed by atoms with van der Waals surface area (Å²) >= 11 is 1.37. The zero-order valence-electron chi connectivity index (χ0n) is 9.95. The molecule has 1 amide bonds. The first-order valence-corrected chi connectivity index (χ1v) is 6.70. The van der Waals surface area contributed by atoms with Crippen LogP contribution in [0.25, 0.3) is 0 Å². The van der Waals surface area contributed by atoms with Crippen molar-refractivity contribution in [3.63, 3.8) is 0 Å². The highest BCUT2D eigenvalue weighted by atomic mass is 32.2. The van der Waals surface area contributed by atoms with Gasteiger partial charge in [-0.15, -0.1) is 0 Å². The maximum atomic E-state index is 10.7. The van der Waals surface area contributed by atoms with Crippen LogP contribution in [0, 0.1) is 0 Å². The van der Waals surface area contributed by atoms with Crippen molar-refractivity contribution in [2.45, 2.75) is 18.1 Å². The Bertz CT molecular complexity index is 510. The molecule has 0 spiro atoms. The van der Waals surface area contributed by atoms with Crippen LogP contribution in [-0.2, 0) is 17.8 Å². The smallest absolute Gasteiger partial charge is 0.227 e. The molecule has 2 rings (SSSR count). The van der Waals surface area contributed by atoms with Crippen LogP contribution in [0.3, 0.4) is 0 Å². The molecule has 5 heteroatoms. The molecule has 0 bridgehead atoms. The van der Waals surface area contributed by atoms with Gasteiger partial charge in [-0.2, -0.15) is 0 Å². The first kappa shape index (κ1) is 12.7. The number of aryl methyl sites for hydroxylation is 2. The number of imidazole rings is 1. The maximum absolute atomic E-state index is 10.7. The summed E-state index contributed by atoms with van der Waals surface area (Å²) in [4.78, 5) is 15.0. The fourth-order valence-electron chi connectivity index (χ4n) is 1.64. The first-order valence-electron chi connectivity index (χ1n) is 5.72. The van der Waals surface area contributed by atoms with Crippen LogP contribution in [0.5, 0.6) is 0 Å². The van der Waals surface area contributed by atoms with E-state index in [1.165, 1.54) is 17.3 Å². The largest absolute Gasteiger partial charge is 0.369 e. The molecule has 1 aromatic carbocycles. The van der Waals surface area contributed by atoms with E-state index in [1.807, 2.05) is 29.0 Å². The second-order valence-electron chi connectivity index (χ2n) is 3.89. The maximum Gasteiger partial charge on any atom is 0.227 e. The zero-order chi connectivity index (χ0) is 12.8. The summed E-state index contributed by atoms with van der Waals surface area (Å²) in [6.45, 7) is 0.852. The molecule has 4 nitrogen and oxygen atoms in total. The molecule has 0 aliphatic heterocycles. The Labute approximate surface area is 110 Å². The van der Waals surface area contributed by atoms with Gasteiger partial charge in [0.15, 0.2) is 5.16 Å². The molecule has 0 saturated heterocycles. The SMILES string of the molecule is NC(=O)CSc1nccn1CCc1ccccc1. The minimum Gasteiger partial charge on any atom is -0.369 e. The molecule has 0 aliphatic rings. The number of rotatable bonds is 6. The Morgan fingerprint density at radius 1 is 1.33 bits per heavy atom. The average Bonchev–Trinajstić information content (AvgIpc) is 2.82. The lowest BCUT2D eigenvalue weighted by atomic mass is 10.1. The van der Waals surface area contributed by atoms with Gasteiger partial charge >= 0.3 is 0 Å². The third-order valence-corrected chi connectivity index (χ3v) is 3.53. The Hall–Kier alpha value is -1.75. The summed E-state index contributed by atoms with van der Waals surface area (Å²) in [6, 6.07) is 10.3. The number of primary amides is 1. The van der Waals surface area contributed by atoms with E-state index in [0.29, 0.717) is 0 Å². The number of carbonyl (C=O) groups excluding carboxylic acids is 1. The Morgan fingerprint density at radius 3 is 2.83 bits per heavy atom. The third kappa shape index (κ3) is 3.63. The molecule has 2 N–H and O–H groups in total. The standard InChI is InChI=1S/C13H15N3OS/c14-12(17)10-18-13-15-7-9-16(13)8-6-11-4-2-1-3-5-11/h1-5,7,9H,6,8,10H2,(H2,14,17). The lowest BCUT2D eigenvalue weighted by Gasteiger charge is -2.06. The molecule has 18 heavy (non-hydrogen) atoms. The number of nitrogens with two attached hydrogens (primary N) is 1. The number of carbonyl (C=O) groups is 1. The highest BCUT2D eigenvalue weighted by molar-refractivity contribution is 7.99. The second kappa shape index (κ2) is 6.26. The highest BCUT2D eigenvalue weighted by Crippen LogP contribution is 2.15. The van der Waals surface area contributed by atoms with Crippen molar-refractivity contribution in [3.05, 3.63) is 48.3 Å². The molecule has 2 aromatic rings. The number of hydrogen-bond acceptors (Lipinski definition) is 3.